The van der Waals surface area contributed by atoms with Crippen molar-refractivity contribution in [3.8, 4) is 0 Å². The van der Waals surface area contributed by atoms with Crippen LogP contribution in [0.1, 0.15) is 16.2 Å². The first-order valence-corrected chi connectivity index (χ1v) is 6.10. The maximum Gasteiger partial charge on any atom is 0.192 e. The largest absolute Gasteiger partial charge is 0.441 e. The summed E-state index contributed by atoms with van der Waals surface area (Å²) in [7, 11) is 0. The number of alkyl halides is 2. The van der Waals surface area contributed by atoms with Gasteiger partial charge in [0.05, 0.1) is 0 Å². The fourth-order valence-electron chi connectivity index (χ4n) is 1.32. The Morgan fingerprint density at radius 1 is 1.47 bits per heavy atom. The van der Waals surface area contributed by atoms with Gasteiger partial charge in [0.15, 0.2) is 17.3 Å². The molecule has 0 aliphatic rings. The number of aromatic nitrogens is 1. The number of nitrogens with zero attached hydrogens (tertiary/aromatic N) is 1. The van der Waals surface area contributed by atoms with Gasteiger partial charge in [-0.15, -0.1) is 0 Å². The lowest BCUT2D eigenvalue weighted by atomic mass is 10.1. The summed E-state index contributed by atoms with van der Waals surface area (Å²) < 4.78 is 4.98. The number of carbonyl (C=O) groups is 1. The van der Waals surface area contributed by atoms with Crippen LogP contribution in [-0.4, -0.2) is 14.5 Å². The van der Waals surface area contributed by atoms with Gasteiger partial charge in [0.2, 0.25) is 0 Å². The van der Waals surface area contributed by atoms with Crippen molar-refractivity contribution in [2.45, 2.75) is 10.7 Å². The summed E-state index contributed by atoms with van der Waals surface area (Å²) in [5.74, 6) is 0.565. The van der Waals surface area contributed by atoms with Gasteiger partial charge in [0, 0.05) is 12.5 Å². The topological polar surface area (TPSA) is 43.1 Å². The van der Waals surface area contributed by atoms with Gasteiger partial charge in [-0.25, -0.2) is 4.98 Å². The molecule has 15 heavy (non-hydrogen) atoms. The molecule has 1 aromatic carbocycles. The second-order valence-corrected chi connectivity index (χ2v) is 6.14. The van der Waals surface area contributed by atoms with Crippen molar-refractivity contribution in [1.29, 1.82) is 0 Å². The highest BCUT2D eigenvalue weighted by atomic mass is 79.9. The summed E-state index contributed by atoms with van der Waals surface area (Å²) in [6.07, 6.45) is 0. The van der Waals surface area contributed by atoms with Crippen LogP contribution in [0.15, 0.2) is 22.6 Å². The molecular formula is C10H7Br2NO2. The number of rotatable bonds is 2. The van der Waals surface area contributed by atoms with Crippen molar-refractivity contribution >= 4 is 48.7 Å². The standard InChI is InChI=1S/C10H7Br2NO2/c1-5-13-7-3-2-6(4-8(7)15-5)9(14)10(11)12/h2-4,10H,1H3. The molecule has 0 aliphatic carbocycles. The molecule has 0 fully saturated rings. The van der Waals surface area contributed by atoms with E-state index >= 15 is 0 Å². The second kappa shape index (κ2) is 4.06. The summed E-state index contributed by atoms with van der Waals surface area (Å²) >= 11 is 6.33. The Kier molecular flexibility index (Phi) is 2.93. The van der Waals surface area contributed by atoms with Crippen LogP contribution in [0.5, 0.6) is 0 Å². The molecule has 78 valence electrons. The molecule has 0 bridgehead atoms. The highest BCUT2D eigenvalue weighted by Gasteiger charge is 2.14. The number of ketones is 1. The van der Waals surface area contributed by atoms with Crippen molar-refractivity contribution in [3.05, 3.63) is 29.7 Å². The van der Waals surface area contributed by atoms with Crippen molar-refractivity contribution in [2.24, 2.45) is 0 Å². The van der Waals surface area contributed by atoms with E-state index < -0.39 is 0 Å². The molecule has 2 rings (SSSR count). The third-order valence-corrected chi connectivity index (χ3v) is 2.81. The van der Waals surface area contributed by atoms with Crippen LogP contribution in [0.3, 0.4) is 0 Å². The fraction of sp³-hybridized carbons (Fsp3) is 0.200. The van der Waals surface area contributed by atoms with Gasteiger partial charge in [-0.3, -0.25) is 4.79 Å². The second-order valence-electron chi connectivity index (χ2n) is 3.08. The van der Waals surface area contributed by atoms with Gasteiger partial charge in [0.1, 0.15) is 9.25 Å². The number of oxazole rings is 1. The van der Waals surface area contributed by atoms with E-state index in [-0.39, 0.29) is 9.52 Å². The summed E-state index contributed by atoms with van der Waals surface area (Å²) in [5, 5.41) is 0. The minimum atomic E-state index is -0.369. The zero-order valence-electron chi connectivity index (χ0n) is 7.83. The smallest absolute Gasteiger partial charge is 0.192 e. The number of carbonyl (C=O) groups excluding carboxylic acids is 1. The SMILES string of the molecule is Cc1nc2ccc(C(=O)C(Br)Br)cc2o1. The maximum atomic E-state index is 11.6. The van der Waals surface area contributed by atoms with E-state index in [2.05, 4.69) is 36.8 Å². The third kappa shape index (κ3) is 2.13. The minimum Gasteiger partial charge on any atom is -0.441 e. The molecule has 2 aromatic rings. The van der Waals surface area contributed by atoms with Gasteiger partial charge in [0.25, 0.3) is 0 Å². The Bertz CT molecular complexity index is 519. The number of benzene rings is 1. The van der Waals surface area contributed by atoms with Crippen molar-refractivity contribution in [1.82, 2.24) is 4.98 Å². The lowest BCUT2D eigenvalue weighted by molar-refractivity contribution is 0.101. The summed E-state index contributed by atoms with van der Waals surface area (Å²) in [6, 6.07) is 5.22. The number of fused-ring (bicyclic) bond motifs is 1. The Morgan fingerprint density at radius 3 is 2.87 bits per heavy atom. The van der Waals surface area contributed by atoms with Crippen molar-refractivity contribution in [3.63, 3.8) is 0 Å². The molecular weight excluding hydrogens is 326 g/mol. The summed E-state index contributed by atoms with van der Waals surface area (Å²) in [5.41, 5.74) is 2.00. The fourth-order valence-corrected chi connectivity index (χ4v) is 1.85. The first-order chi connectivity index (χ1) is 7.08. The molecule has 0 aliphatic heterocycles. The summed E-state index contributed by atoms with van der Waals surface area (Å²) in [4.78, 5) is 15.8. The Hall–Kier alpha value is -0.680. The molecule has 0 radical (unpaired) electrons. The van der Waals surface area contributed by atoms with E-state index in [1.807, 2.05) is 0 Å². The predicted molar refractivity (Wildman–Crippen MR) is 64.7 cm³/mol. The van der Waals surface area contributed by atoms with Gasteiger partial charge in [-0.05, 0) is 18.2 Å². The third-order valence-electron chi connectivity index (χ3n) is 1.98. The highest BCUT2D eigenvalue weighted by Crippen LogP contribution is 2.21. The Balaban J connectivity index is 2.51. The van der Waals surface area contributed by atoms with E-state index in [4.69, 9.17) is 4.42 Å². The first-order valence-electron chi connectivity index (χ1n) is 4.27. The van der Waals surface area contributed by atoms with Gasteiger partial charge < -0.3 is 4.42 Å². The van der Waals surface area contributed by atoms with Crippen LogP contribution in [-0.2, 0) is 0 Å². The van der Waals surface area contributed by atoms with Crippen molar-refractivity contribution < 1.29 is 9.21 Å². The average Bonchev–Trinajstić information content (AvgIpc) is 2.55. The Morgan fingerprint density at radius 2 is 2.20 bits per heavy atom. The van der Waals surface area contributed by atoms with Gasteiger partial charge >= 0.3 is 0 Å². The number of hydrogen-bond acceptors (Lipinski definition) is 3. The molecule has 0 saturated carbocycles. The molecule has 1 aromatic heterocycles. The molecule has 0 unspecified atom stereocenters. The van der Waals surface area contributed by atoms with Crippen LogP contribution in [0, 0.1) is 6.92 Å². The van der Waals surface area contributed by atoms with E-state index in [1.54, 1.807) is 25.1 Å². The van der Waals surface area contributed by atoms with Gasteiger partial charge in [-0.1, -0.05) is 31.9 Å². The van der Waals surface area contributed by atoms with Crippen LogP contribution in [0.2, 0.25) is 0 Å². The molecule has 5 heteroatoms. The monoisotopic (exact) mass is 331 g/mol. The molecule has 0 atom stereocenters. The number of hydrogen-bond donors (Lipinski definition) is 0. The normalized spacial score (nSPS) is 11.2. The molecule has 0 saturated heterocycles. The molecule has 3 nitrogen and oxygen atoms in total. The van der Waals surface area contributed by atoms with Gasteiger partial charge in [-0.2, -0.15) is 0 Å². The average molecular weight is 333 g/mol. The zero-order valence-corrected chi connectivity index (χ0v) is 11.0. The summed E-state index contributed by atoms with van der Waals surface area (Å²) in [6.45, 7) is 1.78. The zero-order chi connectivity index (χ0) is 11.0. The van der Waals surface area contributed by atoms with E-state index in [0.717, 1.165) is 5.52 Å². The Labute approximate surface area is 103 Å². The lowest BCUT2D eigenvalue weighted by Crippen LogP contribution is -2.06. The molecule has 0 spiro atoms. The lowest BCUT2D eigenvalue weighted by Gasteiger charge is -2.00. The number of halogens is 2. The van der Waals surface area contributed by atoms with Crippen LogP contribution in [0.25, 0.3) is 11.1 Å². The highest BCUT2D eigenvalue weighted by molar-refractivity contribution is 9.25. The predicted octanol–water partition coefficient (Wildman–Crippen LogP) is 3.43. The van der Waals surface area contributed by atoms with E-state index in [0.29, 0.717) is 17.0 Å². The molecule has 0 N–H and O–H groups in total. The van der Waals surface area contributed by atoms with Crippen LogP contribution >= 0.6 is 31.9 Å². The first kappa shape index (κ1) is 10.8. The quantitative estimate of drug-likeness (QED) is 0.625. The van der Waals surface area contributed by atoms with Crippen LogP contribution < -0.4 is 0 Å². The number of aryl methyl sites for hydroxylation is 1. The molecule has 0 amide bonds. The van der Waals surface area contributed by atoms with E-state index in [9.17, 15) is 4.79 Å². The molecule has 1 heterocycles. The van der Waals surface area contributed by atoms with E-state index in [1.165, 1.54) is 0 Å². The minimum absolute atomic E-state index is 0.0362. The van der Waals surface area contributed by atoms with Crippen LogP contribution in [0.4, 0.5) is 0 Å². The van der Waals surface area contributed by atoms with Crippen molar-refractivity contribution in [2.75, 3.05) is 0 Å². The maximum absolute atomic E-state index is 11.6. The number of Topliss-reactive ketones (excluding diaryl/α,β-unsaturated/α-hetero) is 1.